The SMILES string of the molecule is O=C(O)CC(NC(=O)CCc1ccco1)c1ccccc1. The van der Waals surface area contributed by atoms with Crippen LogP contribution in [0.25, 0.3) is 0 Å². The number of rotatable bonds is 7. The number of hydrogen-bond donors (Lipinski definition) is 2. The molecule has 5 nitrogen and oxygen atoms in total. The average Bonchev–Trinajstić information content (AvgIpc) is 2.98. The number of aryl methyl sites for hydroxylation is 1. The third kappa shape index (κ3) is 4.80. The summed E-state index contributed by atoms with van der Waals surface area (Å²) in [7, 11) is 0. The van der Waals surface area contributed by atoms with E-state index in [9.17, 15) is 9.59 Å². The average molecular weight is 287 g/mol. The molecule has 2 N–H and O–H groups in total. The van der Waals surface area contributed by atoms with Gasteiger partial charge in [-0.1, -0.05) is 30.3 Å². The maximum atomic E-state index is 12.0. The van der Waals surface area contributed by atoms with E-state index in [-0.39, 0.29) is 18.7 Å². The molecule has 1 heterocycles. The number of carboxylic acids is 1. The summed E-state index contributed by atoms with van der Waals surface area (Å²) >= 11 is 0. The molecule has 1 atom stereocenters. The fourth-order valence-electron chi connectivity index (χ4n) is 2.07. The quantitative estimate of drug-likeness (QED) is 0.820. The molecule has 1 aromatic heterocycles. The largest absolute Gasteiger partial charge is 0.481 e. The molecule has 2 rings (SSSR count). The van der Waals surface area contributed by atoms with E-state index >= 15 is 0 Å². The molecule has 0 bridgehead atoms. The molecule has 0 aliphatic carbocycles. The minimum absolute atomic E-state index is 0.142. The summed E-state index contributed by atoms with van der Waals surface area (Å²) in [6.07, 6.45) is 2.17. The molecule has 2 aromatic rings. The van der Waals surface area contributed by atoms with E-state index in [1.54, 1.807) is 30.5 Å². The Morgan fingerprint density at radius 3 is 2.52 bits per heavy atom. The Hall–Kier alpha value is -2.56. The molecule has 0 saturated heterocycles. The summed E-state index contributed by atoms with van der Waals surface area (Å²) < 4.78 is 5.16. The molecule has 0 aliphatic heterocycles. The number of hydrogen-bond acceptors (Lipinski definition) is 3. The molecular formula is C16H17NO4. The number of nitrogens with one attached hydrogen (secondary N) is 1. The summed E-state index contributed by atoms with van der Waals surface area (Å²) in [6.45, 7) is 0. The molecular weight excluding hydrogens is 270 g/mol. The van der Waals surface area contributed by atoms with E-state index in [4.69, 9.17) is 9.52 Å². The second-order valence-electron chi connectivity index (χ2n) is 4.71. The van der Waals surface area contributed by atoms with Crippen LogP contribution in [0.4, 0.5) is 0 Å². The van der Waals surface area contributed by atoms with Gasteiger partial charge in [-0.05, 0) is 17.7 Å². The molecule has 0 spiro atoms. The Bertz CT molecular complexity index is 578. The zero-order chi connectivity index (χ0) is 15.1. The van der Waals surface area contributed by atoms with Crippen LogP contribution in [0.5, 0.6) is 0 Å². The van der Waals surface area contributed by atoms with E-state index in [0.717, 1.165) is 11.3 Å². The zero-order valence-electron chi connectivity index (χ0n) is 11.5. The standard InChI is InChI=1S/C16H17NO4/c18-15(9-8-13-7-4-10-21-13)17-14(11-16(19)20)12-5-2-1-3-6-12/h1-7,10,14H,8-9,11H2,(H,17,18)(H,19,20). The van der Waals surface area contributed by atoms with Gasteiger partial charge >= 0.3 is 5.97 Å². The Balaban J connectivity index is 1.94. The minimum Gasteiger partial charge on any atom is -0.481 e. The van der Waals surface area contributed by atoms with Crippen molar-refractivity contribution < 1.29 is 19.1 Å². The van der Waals surface area contributed by atoms with Crippen molar-refractivity contribution in [2.24, 2.45) is 0 Å². The van der Waals surface area contributed by atoms with E-state index in [1.807, 2.05) is 18.2 Å². The van der Waals surface area contributed by atoms with Crippen LogP contribution in [0.15, 0.2) is 53.1 Å². The van der Waals surface area contributed by atoms with E-state index in [0.29, 0.717) is 6.42 Å². The van der Waals surface area contributed by atoms with Gasteiger partial charge in [-0.25, -0.2) is 0 Å². The number of carbonyl (C=O) groups is 2. The van der Waals surface area contributed by atoms with Gasteiger partial charge in [0.2, 0.25) is 5.91 Å². The molecule has 5 heteroatoms. The van der Waals surface area contributed by atoms with Gasteiger partial charge in [-0.3, -0.25) is 9.59 Å². The maximum Gasteiger partial charge on any atom is 0.305 e. The van der Waals surface area contributed by atoms with Gasteiger partial charge in [0.15, 0.2) is 0 Å². The van der Waals surface area contributed by atoms with Crippen LogP contribution in [-0.4, -0.2) is 17.0 Å². The highest BCUT2D eigenvalue weighted by molar-refractivity contribution is 5.77. The van der Waals surface area contributed by atoms with Crippen molar-refractivity contribution in [3.63, 3.8) is 0 Å². The van der Waals surface area contributed by atoms with E-state index < -0.39 is 12.0 Å². The van der Waals surface area contributed by atoms with Crippen molar-refractivity contribution in [3.8, 4) is 0 Å². The fraction of sp³-hybridized carbons (Fsp3) is 0.250. The number of carboxylic acid groups (broad SMARTS) is 1. The molecule has 0 saturated carbocycles. The molecule has 1 unspecified atom stereocenters. The van der Waals surface area contributed by atoms with Gasteiger partial charge in [-0.15, -0.1) is 0 Å². The topological polar surface area (TPSA) is 79.5 Å². The van der Waals surface area contributed by atoms with Crippen LogP contribution in [-0.2, 0) is 16.0 Å². The van der Waals surface area contributed by atoms with Crippen LogP contribution in [0.1, 0.15) is 30.2 Å². The number of furan rings is 1. The molecule has 21 heavy (non-hydrogen) atoms. The Morgan fingerprint density at radius 1 is 1.14 bits per heavy atom. The van der Waals surface area contributed by atoms with E-state index in [1.165, 1.54) is 0 Å². The highest BCUT2D eigenvalue weighted by Gasteiger charge is 2.17. The van der Waals surface area contributed by atoms with Gasteiger partial charge in [0.1, 0.15) is 5.76 Å². The summed E-state index contributed by atoms with van der Waals surface area (Å²) in [4.78, 5) is 22.9. The highest BCUT2D eigenvalue weighted by atomic mass is 16.4. The lowest BCUT2D eigenvalue weighted by Crippen LogP contribution is -2.30. The van der Waals surface area contributed by atoms with Crippen LogP contribution in [0, 0.1) is 0 Å². The predicted octanol–water partition coefficient (Wildman–Crippen LogP) is 2.54. The maximum absolute atomic E-state index is 12.0. The summed E-state index contributed by atoms with van der Waals surface area (Å²) in [5.41, 5.74) is 0.784. The molecule has 1 aromatic carbocycles. The molecule has 110 valence electrons. The molecule has 0 radical (unpaired) electrons. The first kappa shape index (κ1) is 14.8. The number of amides is 1. The second-order valence-corrected chi connectivity index (χ2v) is 4.71. The van der Waals surface area contributed by atoms with Crippen molar-refractivity contribution in [1.29, 1.82) is 0 Å². The first-order chi connectivity index (χ1) is 10.1. The smallest absolute Gasteiger partial charge is 0.305 e. The number of aliphatic carboxylic acids is 1. The summed E-state index contributed by atoms with van der Waals surface area (Å²) in [6, 6.07) is 12.1. The Morgan fingerprint density at radius 2 is 1.90 bits per heavy atom. The third-order valence-corrected chi connectivity index (χ3v) is 3.09. The zero-order valence-corrected chi connectivity index (χ0v) is 11.5. The van der Waals surface area contributed by atoms with Crippen LogP contribution < -0.4 is 5.32 Å². The van der Waals surface area contributed by atoms with E-state index in [2.05, 4.69) is 5.32 Å². The predicted molar refractivity (Wildman–Crippen MR) is 76.6 cm³/mol. The highest BCUT2D eigenvalue weighted by Crippen LogP contribution is 2.17. The summed E-state index contributed by atoms with van der Waals surface area (Å²) in [5.74, 6) is -0.406. The van der Waals surface area contributed by atoms with Gasteiger partial charge in [0.25, 0.3) is 0 Å². The number of benzene rings is 1. The van der Waals surface area contributed by atoms with Crippen LogP contribution >= 0.6 is 0 Å². The van der Waals surface area contributed by atoms with Crippen molar-refractivity contribution in [2.45, 2.75) is 25.3 Å². The van der Waals surface area contributed by atoms with Gasteiger partial charge < -0.3 is 14.8 Å². The summed E-state index contributed by atoms with van der Waals surface area (Å²) in [5, 5.41) is 11.7. The Kier molecular flexibility index (Phi) is 5.15. The fourth-order valence-corrected chi connectivity index (χ4v) is 2.07. The van der Waals surface area contributed by atoms with Gasteiger partial charge in [0, 0.05) is 12.8 Å². The van der Waals surface area contributed by atoms with Crippen molar-refractivity contribution in [1.82, 2.24) is 5.32 Å². The van der Waals surface area contributed by atoms with Crippen LogP contribution in [0.3, 0.4) is 0 Å². The molecule has 0 fully saturated rings. The number of carbonyl (C=O) groups excluding carboxylic acids is 1. The van der Waals surface area contributed by atoms with Crippen molar-refractivity contribution in [2.75, 3.05) is 0 Å². The van der Waals surface area contributed by atoms with Gasteiger partial charge in [-0.2, -0.15) is 0 Å². The lowest BCUT2D eigenvalue weighted by Gasteiger charge is -2.17. The monoisotopic (exact) mass is 287 g/mol. The lowest BCUT2D eigenvalue weighted by molar-refractivity contribution is -0.137. The van der Waals surface area contributed by atoms with Gasteiger partial charge in [0.05, 0.1) is 18.7 Å². The van der Waals surface area contributed by atoms with Crippen molar-refractivity contribution in [3.05, 3.63) is 60.1 Å². The second kappa shape index (κ2) is 7.28. The molecule has 0 aliphatic rings. The van der Waals surface area contributed by atoms with Crippen molar-refractivity contribution >= 4 is 11.9 Å². The van der Waals surface area contributed by atoms with Crippen LogP contribution in [0.2, 0.25) is 0 Å². The first-order valence-corrected chi connectivity index (χ1v) is 6.73. The third-order valence-electron chi connectivity index (χ3n) is 3.09. The minimum atomic E-state index is -0.949. The lowest BCUT2D eigenvalue weighted by atomic mass is 10.0. The Labute approximate surface area is 122 Å². The molecule has 1 amide bonds. The normalized spacial score (nSPS) is 11.8. The first-order valence-electron chi connectivity index (χ1n) is 6.73.